The van der Waals surface area contributed by atoms with Gasteiger partial charge in [-0.3, -0.25) is 0 Å². The van der Waals surface area contributed by atoms with Crippen molar-refractivity contribution in [2.75, 3.05) is 12.4 Å². The van der Waals surface area contributed by atoms with Crippen molar-refractivity contribution < 1.29 is 13.5 Å². The summed E-state index contributed by atoms with van der Waals surface area (Å²) in [6, 6.07) is 20.4. The molecule has 0 aliphatic carbocycles. The van der Waals surface area contributed by atoms with Crippen molar-refractivity contribution in [2.45, 2.75) is 25.1 Å². The maximum absolute atomic E-state index is 14.0. The molecule has 2 nitrogen and oxygen atoms in total. The zero-order chi connectivity index (χ0) is 21.6. The molecule has 4 rings (SSSR count). The molecule has 0 aromatic heterocycles. The number of rotatable bonds is 8. The average Bonchev–Trinajstić information content (AvgIpc) is 3.25. The van der Waals surface area contributed by atoms with Gasteiger partial charge < -0.3 is 4.74 Å². The summed E-state index contributed by atoms with van der Waals surface area (Å²) in [4.78, 5) is 4.41. The number of aryl methyl sites for hydroxylation is 2. The molecule has 0 N–H and O–H groups in total. The van der Waals surface area contributed by atoms with Crippen LogP contribution in [0.15, 0.2) is 71.7 Å². The minimum absolute atomic E-state index is 0.0326. The Hall–Kier alpha value is -2.31. The largest absolute Gasteiger partial charge is 0.475 e. The monoisotopic (exact) mass is 455 g/mol. The number of ether oxygens (including phenoxy) is 1. The Bertz CT molecular complexity index is 1030. The van der Waals surface area contributed by atoms with Crippen LogP contribution in [0.25, 0.3) is 0 Å². The number of hydrogen-bond donors (Lipinski definition) is 0. The highest BCUT2D eigenvalue weighted by atomic mass is 33.1. The minimum Gasteiger partial charge on any atom is -0.475 e. The van der Waals surface area contributed by atoms with Crippen LogP contribution in [0.5, 0.6) is 0 Å². The van der Waals surface area contributed by atoms with Gasteiger partial charge in [0.25, 0.3) is 0 Å². The second kappa shape index (κ2) is 10.3. The Kier molecular flexibility index (Phi) is 7.30. The maximum atomic E-state index is 14.0. The number of hydrogen-bond acceptors (Lipinski definition) is 4. The van der Waals surface area contributed by atoms with Crippen LogP contribution in [0.4, 0.5) is 8.78 Å². The van der Waals surface area contributed by atoms with E-state index >= 15 is 0 Å². The third-order valence-electron chi connectivity index (χ3n) is 5.10. The van der Waals surface area contributed by atoms with E-state index in [4.69, 9.17) is 4.74 Å². The number of halogens is 2. The molecule has 0 saturated heterocycles. The van der Waals surface area contributed by atoms with Crippen molar-refractivity contribution in [1.29, 1.82) is 0 Å². The quantitative estimate of drug-likeness (QED) is 0.272. The lowest BCUT2D eigenvalue weighted by molar-refractivity contribution is 0.317. The summed E-state index contributed by atoms with van der Waals surface area (Å²) in [5.41, 5.74) is 4.68. The Morgan fingerprint density at radius 2 is 1.58 bits per heavy atom. The van der Waals surface area contributed by atoms with Gasteiger partial charge in [0, 0.05) is 11.5 Å². The van der Waals surface area contributed by atoms with Gasteiger partial charge in [0.15, 0.2) is 0 Å². The second-order valence-corrected chi connectivity index (χ2v) is 10.0. The Morgan fingerprint density at radius 1 is 0.903 bits per heavy atom. The fourth-order valence-corrected chi connectivity index (χ4v) is 5.41. The van der Waals surface area contributed by atoms with E-state index in [0.29, 0.717) is 0 Å². The summed E-state index contributed by atoms with van der Waals surface area (Å²) in [5, 5.41) is 0. The summed E-state index contributed by atoms with van der Waals surface area (Å²) in [7, 11) is 3.73. The van der Waals surface area contributed by atoms with E-state index in [-0.39, 0.29) is 24.1 Å². The number of aliphatic imine (C=N–C) groups is 1. The van der Waals surface area contributed by atoms with E-state index < -0.39 is 11.6 Å². The van der Waals surface area contributed by atoms with Gasteiger partial charge in [-0.05, 0) is 42.2 Å². The molecular weight excluding hydrogens is 432 g/mol. The van der Waals surface area contributed by atoms with Gasteiger partial charge in [0.05, 0.1) is 0 Å². The van der Waals surface area contributed by atoms with Crippen molar-refractivity contribution in [1.82, 2.24) is 0 Å². The van der Waals surface area contributed by atoms with Gasteiger partial charge in [-0.2, -0.15) is 0 Å². The highest BCUT2D eigenvalue weighted by Crippen LogP contribution is 2.30. The van der Waals surface area contributed by atoms with E-state index in [1.54, 1.807) is 0 Å². The molecule has 31 heavy (non-hydrogen) atoms. The molecule has 1 aliphatic rings. The molecule has 0 amide bonds. The molecule has 1 unspecified atom stereocenters. The zero-order valence-electron chi connectivity index (χ0n) is 17.2. The highest BCUT2D eigenvalue weighted by Gasteiger charge is 2.26. The normalized spacial score (nSPS) is 15.6. The van der Waals surface area contributed by atoms with Crippen molar-refractivity contribution in [3.8, 4) is 0 Å². The number of nitrogens with zero attached hydrogens (tertiary/aromatic N) is 1. The van der Waals surface area contributed by atoms with Crippen LogP contribution in [0.2, 0.25) is 0 Å². The molecule has 6 heteroatoms. The molecule has 1 aliphatic heterocycles. The first kappa shape index (κ1) is 21.9. The van der Waals surface area contributed by atoms with E-state index in [0.717, 1.165) is 23.5 Å². The second-order valence-electron chi connectivity index (χ2n) is 7.42. The van der Waals surface area contributed by atoms with Gasteiger partial charge in [-0.15, -0.1) is 0 Å². The van der Waals surface area contributed by atoms with E-state index in [9.17, 15) is 8.78 Å². The van der Waals surface area contributed by atoms with Gasteiger partial charge in [-0.25, -0.2) is 13.8 Å². The van der Waals surface area contributed by atoms with Gasteiger partial charge in [-0.1, -0.05) is 81.7 Å². The van der Waals surface area contributed by atoms with Crippen molar-refractivity contribution in [2.24, 2.45) is 4.99 Å². The Balaban J connectivity index is 1.27. The fourth-order valence-electron chi connectivity index (χ4n) is 3.30. The first-order valence-electron chi connectivity index (χ1n) is 10.1. The molecule has 1 atom stereocenters. The van der Waals surface area contributed by atoms with Crippen molar-refractivity contribution in [3.63, 3.8) is 0 Å². The Labute approximate surface area is 189 Å². The molecule has 3 aromatic carbocycles. The summed E-state index contributed by atoms with van der Waals surface area (Å²) in [6.45, 7) is 2.39. The predicted molar refractivity (Wildman–Crippen MR) is 127 cm³/mol. The fraction of sp³-hybridized carbons (Fsp3) is 0.240. The maximum Gasteiger partial charge on any atom is 0.222 e. The summed E-state index contributed by atoms with van der Waals surface area (Å²) < 4.78 is 33.4. The molecule has 0 bridgehead atoms. The lowest BCUT2D eigenvalue weighted by Crippen LogP contribution is -2.07. The first-order chi connectivity index (χ1) is 15.1. The highest BCUT2D eigenvalue weighted by molar-refractivity contribution is 8.76. The van der Waals surface area contributed by atoms with Gasteiger partial charge in [0.2, 0.25) is 5.90 Å². The predicted octanol–water partition coefficient (Wildman–Crippen LogP) is 6.92. The van der Waals surface area contributed by atoms with Crippen LogP contribution in [-0.4, -0.2) is 18.3 Å². The average molecular weight is 456 g/mol. The summed E-state index contributed by atoms with van der Waals surface area (Å²) in [6.07, 6.45) is 1.07. The van der Waals surface area contributed by atoms with Crippen LogP contribution in [0, 0.1) is 18.6 Å². The van der Waals surface area contributed by atoms with Gasteiger partial charge in [0.1, 0.15) is 29.8 Å². The molecule has 0 radical (unpaired) electrons. The lowest BCUT2D eigenvalue weighted by Gasteiger charge is -2.07. The first-order valence-corrected chi connectivity index (χ1v) is 12.6. The number of benzene rings is 3. The van der Waals surface area contributed by atoms with E-state index in [1.807, 2.05) is 33.7 Å². The van der Waals surface area contributed by atoms with Crippen molar-refractivity contribution >= 4 is 27.5 Å². The van der Waals surface area contributed by atoms with Crippen LogP contribution in [-0.2, 0) is 16.9 Å². The van der Waals surface area contributed by atoms with Crippen LogP contribution < -0.4 is 0 Å². The lowest BCUT2D eigenvalue weighted by atomic mass is 10.1. The molecule has 160 valence electrons. The van der Waals surface area contributed by atoms with Crippen LogP contribution >= 0.6 is 21.6 Å². The molecule has 0 spiro atoms. The van der Waals surface area contributed by atoms with Gasteiger partial charge >= 0.3 is 0 Å². The molecule has 0 fully saturated rings. The molecule has 3 aromatic rings. The standard InChI is InChI=1S/C25H23F2NOS2/c1-17-5-7-18(8-6-17)13-14-30-31-16-19-9-11-20(12-10-19)23-15-29-25(28-23)24-21(26)3-2-4-22(24)27/h2-12,23H,13-16H2,1H3. The molecule has 1 heterocycles. The third-order valence-corrected chi connectivity index (χ3v) is 7.44. The third kappa shape index (κ3) is 5.69. The van der Waals surface area contributed by atoms with E-state index in [1.165, 1.54) is 34.9 Å². The van der Waals surface area contributed by atoms with Crippen LogP contribution in [0.1, 0.15) is 33.9 Å². The van der Waals surface area contributed by atoms with E-state index in [2.05, 4.69) is 48.3 Å². The topological polar surface area (TPSA) is 21.6 Å². The zero-order valence-corrected chi connectivity index (χ0v) is 18.8. The molecular formula is C25H23F2NOS2. The SMILES string of the molecule is Cc1ccc(CCSSCc2ccc(C3COC(c4c(F)cccc4F)=N3)cc2)cc1. The minimum atomic E-state index is -0.661. The van der Waals surface area contributed by atoms with Crippen LogP contribution in [0.3, 0.4) is 0 Å². The molecule has 0 saturated carbocycles. The summed E-state index contributed by atoms with van der Waals surface area (Å²) in [5.74, 6) is 0.716. The summed E-state index contributed by atoms with van der Waals surface area (Å²) >= 11 is 0. The van der Waals surface area contributed by atoms with Crippen molar-refractivity contribution in [3.05, 3.63) is 106 Å². The smallest absolute Gasteiger partial charge is 0.222 e. The Morgan fingerprint density at radius 3 is 2.29 bits per heavy atom.